The average molecular weight is 302 g/mol. The van der Waals surface area contributed by atoms with Gasteiger partial charge in [-0.05, 0) is 36.5 Å². The van der Waals surface area contributed by atoms with Crippen LogP contribution >= 0.6 is 0 Å². The van der Waals surface area contributed by atoms with Gasteiger partial charge in [-0.3, -0.25) is 9.69 Å². The van der Waals surface area contributed by atoms with E-state index in [1.165, 1.54) is 6.07 Å². The molecule has 3 nitrogen and oxygen atoms in total. The Morgan fingerprint density at radius 3 is 2.50 bits per heavy atom. The molecule has 1 amide bonds. The van der Waals surface area contributed by atoms with Crippen LogP contribution in [0, 0.1) is 17.7 Å². The first-order valence-electron chi connectivity index (χ1n) is 7.59. The van der Waals surface area contributed by atoms with Gasteiger partial charge in [0.2, 0.25) is 5.91 Å². The van der Waals surface area contributed by atoms with Crippen molar-refractivity contribution in [3.8, 4) is 0 Å². The Morgan fingerprint density at radius 1 is 1.36 bits per heavy atom. The quantitative estimate of drug-likeness (QED) is 0.750. The standard InChI is InChI=1S/C18H23FN2O/c1-3-10-21(11-4-2)17(13-6-5-7-14(19)12-13)15-8-9-16(15)18(20)22/h3-7,12,15-17H,1-2,8-11H2,(H2,20,22). The van der Waals surface area contributed by atoms with Crippen molar-refractivity contribution in [2.45, 2.75) is 18.9 Å². The number of carbonyl (C=O) groups is 1. The molecular weight excluding hydrogens is 279 g/mol. The summed E-state index contributed by atoms with van der Waals surface area (Å²) in [6.45, 7) is 8.88. The third kappa shape index (κ3) is 3.45. The lowest BCUT2D eigenvalue weighted by atomic mass is 9.67. The van der Waals surface area contributed by atoms with Gasteiger partial charge < -0.3 is 5.73 Å². The number of hydrogen-bond donors (Lipinski definition) is 1. The van der Waals surface area contributed by atoms with Crippen LogP contribution in [-0.4, -0.2) is 23.9 Å². The highest BCUT2D eigenvalue weighted by atomic mass is 19.1. The predicted octanol–water partition coefficient (Wildman–Crippen LogP) is 3.05. The van der Waals surface area contributed by atoms with Crippen molar-refractivity contribution in [1.82, 2.24) is 4.90 Å². The molecule has 0 bridgehead atoms. The molecule has 1 aromatic carbocycles. The highest BCUT2D eigenvalue weighted by Crippen LogP contribution is 2.45. The van der Waals surface area contributed by atoms with Crippen LogP contribution in [0.3, 0.4) is 0 Å². The molecule has 1 aliphatic carbocycles. The number of halogens is 1. The molecule has 1 aromatic rings. The highest BCUT2D eigenvalue weighted by molar-refractivity contribution is 5.78. The summed E-state index contributed by atoms with van der Waals surface area (Å²) in [4.78, 5) is 13.8. The van der Waals surface area contributed by atoms with Crippen LogP contribution in [0.1, 0.15) is 24.4 Å². The topological polar surface area (TPSA) is 46.3 Å². The maximum Gasteiger partial charge on any atom is 0.220 e. The number of rotatable bonds is 8. The van der Waals surface area contributed by atoms with Gasteiger partial charge in [0.25, 0.3) is 0 Å². The highest BCUT2D eigenvalue weighted by Gasteiger charge is 2.42. The van der Waals surface area contributed by atoms with Crippen LogP contribution in [0.5, 0.6) is 0 Å². The molecule has 0 spiro atoms. The van der Waals surface area contributed by atoms with E-state index in [0.29, 0.717) is 13.1 Å². The number of primary amides is 1. The van der Waals surface area contributed by atoms with Crippen molar-refractivity contribution in [3.05, 3.63) is 61.0 Å². The molecule has 0 radical (unpaired) electrons. The Kier molecular flexibility index (Phi) is 5.50. The summed E-state index contributed by atoms with van der Waals surface area (Å²) >= 11 is 0. The van der Waals surface area contributed by atoms with E-state index in [1.54, 1.807) is 12.1 Å². The zero-order valence-corrected chi connectivity index (χ0v) is 12.7. The van der Waals surface area contributed by atoms with E-state index in [-0.39, 0.29) is 29.6 Å². The monoisotopic (exact) mass is 302 g/mol. The lowest BCUT2D eigenvalue weighted by Crippen LogP contribution is -2.46. The molecule has 0 saturated heterocycles. The Hall–Kier alpha value is -1.94. The minimum Gasteiger partial charge on any atom is -0.369 e. The van der Waals surface area contributed by atoms with Gasteiger partial charge >= 0.3 is 0 Å². The minimum atomic E-state index is -0.269. The molecular formula is C18H23FN2O. The molecule has 1 aliphatic rings. The summed E-state index contributed by atoms with van der Waals surface area (Å²) in [7, 11) is 0. The van der Waals surface area contributed by atoms with E-state index in [0.717, 1.165) is 18.4 Å². The fourth-order valence-corrected chi connectivity index (χ4v) is 3.31. The van der Waals surface area contributed by atoms with Gasteiger partial charge in [0.15, 0.2) is 0 Å². The van der Waals surface area contributed by atoms with Crippen molar-refractivity contribution in [1.29, 1.82) is 0 Å². The van der Waals surface area contributed by atoms with E-state index >= 15 is 0 Å². The van der Waals surface area contributed by atoms with E-state index < -0.39 is 0 Å². The largest absolute Gasteiger partial charge is 0.369 e. The summed E-state index contributed by atoms with van der Waals surface area (Å²) in [6, 6.07) is 6.52. The van der Waals surface area contributed by atoms with Crippen LogP contribution in [0.2, 0.25) is 0 Å². The van der Waals surface area contributed by atoms with Crippen LogP contribution in [0.4, 0.5) is 4.39 Å². The fourth-order valence-electron chi connectivity index (χ4n) is 3.31. The summed E-state index contributed by atoms with van der Waals surface area (Å²) < 4.78 is 13.7. The number of amides is 1. The molecule has 3 unspecified atom stereocenters. The van der Waals surface area contributed by atoms with Crippen molar-refractivity contribution in [2.75, 3.05) is 13.1 Å². The predicted molar refractivity (Wildman–Crippen MR) is 86.5 cm³/mol. The molecule has 0 aromatic heterocycles. The molecule has 1 saturated carbocycles. The smallest absolute Gasteiger partial charge is 0.220 e. The van der Waals surface area contributed by atoms with Gasteiger partial charge in [0.1, 0.15) is 5.82 Å². The first kappa shape index (κ1) is 16.4. The molecule has 0 heterocycles. The van der Waals surface area contributed by atoms with Crippen LogP contribution in [-0.2, 0) is 4.79 Å². The van der Waals surface area contributed by atoms with E-state index in [9.17, 15) is 9.18 Å². The van der Waals surface area contributed by atoms with Crippen molar-refractivity contribution < 1.29 is 9.18 Å². The normalized spacial score (nSPS) is 21.9. The molecule has 0 aliphatic heterocycles. The first-order chi connectivity index (χ1) is 10.6. The number of benzene rings is 1. The maximum atomic E-state index is 13.7. The maximum absolute atomic E-state index is 13.7. The molecule has 2 N–H and O–H groups in total. The zero-order valence-electron chi connectivity index (χ0n) is 12.7. The van der Waals surface area contributed by atoms with Gasteiger partial charge in [-0.2, -0.15) is 0 Å². The summed E-state index contributed by atoms with van der Waals surface area (Å²) in [5.41, 5.74) is 6.38. The van der Waals surface area contributed by atoms with Crippen molar-refractivity contribution in [3.63, 3.8) is 0 Å². The number of carbonyl (C=O) groups excluding carboxylic acids is 1. The zero-order chi connectivity index (χ0) is 16.1. The average Bonchev–Trinajstić information content (AvgIpc) is 2.42. The molecule has 2 rings (SSSR count). The van der Waals surface area contributed by atoms with E-state index in [2.05, 4.69) is 18.1 Å². The summed E-state index contributed by atoms with van der Waals surface area (Å²) in [5, 5.41) is 0. The second kappa shape index (κ2) is 7.36. The lowest BCUT2D eigenvalue weighted by Gasteiger charge is -2.45. The van der Waals surface area contributed by atoms with Gasteiger partial charge in [-0.25, -0.2) is 4.39 Å². The Labute approximate surface area is 131 Å². The molecule has 118 valence electrons. The van der Waals surface area contributed by atoms with Crippen LogP contribution < -0.4 is 5.73 Å². The second-order valence-electron chi connectivity index (χ2n) is 5.78. The molecule has 4 heteroatoms. The fraction of sp³-hybridized carbons (Fsp3) is 0.389. The number of nitrogens with zero attached hydrogens (tertiary/aromatic N) is 1. The van der Waals surface area contributed by atoms with Gasteiger partial charge in [-0.15, -0.1) is 13.2 Å². The first-order valence-corrected chi connectivity index (χ1v) is 7.59. The van der Waals surface area contributed by atoms with Crippen molar-refractivity contribution >= 4 is 5.91 Å². The van der Waals surface area contributed by atoms with E-state index in [1.807, 2.05) is 18.2 Å². The number of hydrogen-bond acceptors (Lipinski definition) is 2. The summed E-state index contributed by atoms with van der Waals surface area (Å²) in [6.07, 6.45) is 5.35. The minimum absolute atomic E-state index is 0.0575. The molecule has 1 fully saturated rings. The van der Waals surface area contributed by atoms with Crippen molar-refractivity contribution in [2.24, 2.45) is 17.6 Å². The SMILES string of the molecule is C=CCN(CC=C)C(c1cccc(F)c1)C1CCC1C(N)=O. The second-order valence-corrected chi connectivity index (χ2v) is 5.78. The Bertz CT molecular complexity index is 548. The summed E-state index contributed by atoms with van der Waals surface area (Å²) in [5.74, 6) is -0.575. The molecule has 22 heavy (non-hydrogen) atoms. The van der Waals surface area contributed by atoms with E-state index in [4.69, 9.17) is 5.73 Å². The van der Waals surface area contributed by atoms with Gasteiger partial charge in [-0.1, -0.05) is 24.3 Å². The Balaban J connectivity index is 2.37. The van der Waals surface area contributed by atoms with Crippen LogP contribution in [0.15, 0.2) is 49.6 Å². The third-order valence-electron chi connectivity index (χ3n) is 4.41. The number of nitrogens with two attached hydrogens (primary N) is 1. The van der Waals surface area contributed by atoms with Gasteiger partial charge in [0.05, 0.1) is 0 Å². The Morgan fingerprint density at radius 2 is 2.05 bits per heavy atom. The third-order valence-corrected chi connectivity index (χ3v) is 4.41. The van der Waals surface area contributed by atoms with Crippen LogP contribution in [0.25, 0.3) is 0 Å². The molecule has 3 atom stereocenters. The lowest BCUT2D eigenvalue weighted by molar-refractivity contribution is -0.129. The van der Waals surface area contributed by atoms with Gasteiger partial charge in [0, 0.05) is 25.0 Å².